The second-order valence-corrected chi connectivity index (χ2v) is 1.50. The van der Waals surface area contributed by atoms with Crippen LogP contribution in [0, 0.1) is 0 Å². The highest BCUT2D eigenvalue weighted by molar-refractivity contribution is 5.97. The van der Waals surface area contributed by atoms with Gasteiger partial charge in [0.2, 0.25) is 6.04 Å². The molecule has 0 heterocycles. The minimum atomic E-state index is -1.59. The van der Waals surface area contributed by atoms with Crippen molar-refractivity contribution in [1.29, 1.82) is 0 Å². The molecule has 0 aliphatic heterocycles. The zero-order valence-corrected chi connectivity index (χ0v) is 5.29. The Bertz CT molecular complexity index is 132. The number of aliphatic carboxylic acids is 2. The summed E-state index contributed by atoms with van der Waals surface area (Å²) in [5.41, 5.74) is 4.25. The Morgan fingerprint density at radius 3 is 1.80 bits per heavy atom. The van der Waals surface area contributed by atoms with Crippen LogP contribution in [-0.2, 0) is 9.59 Å². The zero-order chi connectivity index (χ0) is 8.15. The smallest absolute Gasteiger partial charge is 0.333 e. The van der Waals surface area contributed by atoms with Crippen LogP contribution >= 0.6 is 0 Å². The summed E-state index contributed by atoms with van der Waals surface area (Å²) in [6.45, 7) is 0. The molecule has 10 heavy (non-hydrogen) atoms. The van der Waals surface area contributed by atoms with E-state index in [4.69, 9.17) is 10.2 Å². The molecule has 0 radical (unpaired) electrons. The van der Waals surface area contributed by atoms with Crippen molar-refractivity contribution in [2.75, 3.05) is 7.05 Å². The summed E-state index contributed by atoms with van der Waals surface area (Å²) in [7, 11) is 1.39. The Balaban J connectivity index is 3.98. The Kier molecular flexibility index (Phi) is 3.37. The largest absolute Gasteiger partial charge is 0.480 e. The molecule has 0 amide bonds. The van der Waals surface area contributed by atoms with E-state index in [0.29, 0.717) is 0 Å². The molecule has 0 aliphatic rings. The minimum absolute atomic E-state index is 1.39. The van der Waals surface area contributed by atoms with Gasteiger partial charge in [-0.2, -0.15) is 0 Å². The van der Waals surface area contributed by atoms with Crippen LogP contribution in [0.25, 0.3) is 0 Å². The number of hydrazine groups is 1. The molecular formula is C4H8N2O4. The summed E-state index contributed by atoms with van der Waals surface area (Å²) >= 11 is 0. The Labute approximate surface area is 56.8 Å². The van der Waals surface area contributed by atoms with Crippen LogP contribution in [0.2, 0.25) is 0 Å². The van der Waals surface area contributed by atoms with E-state index < -0.39 is 18.0 Å². The molecule has 0 aliphatic carbocycles. The van der Waals surface area contributed by atoms with Crippen LogP contribution in [0.5, 0.6) is 0 Å². The molecule has 0 rings (SSSR count). The van der Waals surface area contributed by atoms with Gasteiger partial charge in [-0.05, 0) is 7.05 Å². The molecule has 6 nitrogen and oxygen atoms in total. The lowest BCUT2D eigenvalue weighted by Gasteiger charge is -2.06. The number of carbonyl (C=O) groups is 2. The van der Waals surface area contributed by atoms with Gasteiger partial charge < -0.3 is 10.2 Å². The minimum Gasteiger partial charge on any atom is -0.480 e. The molecule has 0 saturated carbocycles. The maximum Gasteiger partial charge on any atom is 0.333 e. The van der Waals surface area contributed by atoms with Crippen LogP contribution in [0.4, 0.5) is 0 Å². The van der Waals surface area contributed by atoms with Crippen molar-refractivity contribution in [2.45, 2.75) is 6.04 Å². The second kappa shape index (κ2) is 3.80. The first-order valence-electron chi connectivity index (χ1n) is 2.47. The van der Waals surface area contributed by atoms with Crippen molar-refractivity contribution in [3.63, 3.8) is 0 Å². The zero-order valence-electron chi connectivity index (χ0n) is 5.29. The first-order valence-corrected chi connectivity index (χ1v) is 2.47. The fourth-order valence-electron chi connectivity index (χ4n) is 0.373. The fourth-order valence-corrected chi connectivity index (χ4v) is 0.373. The third-order valence-corrected chi connectivity index (χ3v) is 0.783. The number of carboxylic acids is 2. The highest BCUT2D eigenvalue weighted by atomic mass is 16.4. The number of nitrogens with one attached hydrogen (secondary N) is 2. The summed E-state index contributed by atoms with van der Waals surface area (Å²) < 4.78 is 0. The van der Waals surface area contributed by atoms with E-state index in [1.54, 1.807) is 0 Å². The number of rotatable bonds is 4. The van der Waals surface area contributed by atoms with E-state index in [0.717, 1.165) is 0 Å². The predicted octanol–water partition coefficient (Wildman–Crippen LogP) is -1.75. The summed E-state index contributed by atoms with van der Waals surface area (Å²) in [6.07, 6.45) is 0. The molecule has 0 bridgehead atoms. The van der Waals surface area contributed by atoms with Crippen molar-refractivity contribution < 1.29 is 19.8 Å². The molecule has 0 unspecified atom stereocenters. The normalized spacial score (nSPS) is 9.80. The van der Waals surface area contributed by atoms with Gasteiger partial charge in [0.1, 0.15) is 0 Å². The first-order chi connectivity index (χ1) is 4.59. The lowest BCUT2D eigenvalue weighted by atomic mass is 10.3. The molecule has 4 N–H and O–H groups in total. The van der Waals surface area contributed by atoms with Gasteiger partial charge in [-0.1, -0.05) is 0 Å². The summed E-state index contributed by atoms with van der Waals surface area (Å²) in [6, 6.07) is -1.59. The molecule has 0 saturated heterocycles. The Hall–Kier alpha value is -1.14. The molecule has 0 fully saturated rings. The van der Waals surface area contributed by atoms with Gasteiger partial charge in [0, 0.05) is 0 Å². The van der Waals surface area contributed by atoms with E-state index >= 15 is 0 Å². The van der Waals surface area contributed by atoms with E-state index in [-0.39, 0.29) is 0 Å². The standard InChI is InChI=1S/C4H8N2O4/c1-5-6-2(3(7)8)4(9)10/h2,5-6H,1H3,(H,7,8)(H,9,10). The van der Waals surface area contributed by atoms with Crippen LogP contribution in [-0.4, -0.2) is 35.2 Å². The number of hydrogen-bond donors (Lipinski definition) is 4. The fraction of sp³-hybridized carbons (Fsp3) is 0.500. The van der Waals surface area contributed by atoms with Gasteiger partial charge in [0.25, 0.3) is 0 Å². The highest BCUT2D eigenvalue weighted by Gasteiger charge is 2.23. The third-order valence-electron chi connectivity index (χ3n) is 0.783. The average Bonchev–Trinajstić information content (AvgIpc) is 1.81. The summed E-state index contributed by atoms with van der Waals surface area (Å²) in [4.78, 5) is 20.1. The lowest BCUT2D eigenvalue weighted by molar-refractivity contribution is -0.151. The van der Waals surface area contributed by atoms with Crippen LogP contribution in [0.3, 0.4) is 0 Å². The van der Waals surface area contributed by atoms with Gasteiger partial charge >= 0.3 is 11.9 Å². The molecule has 0 aromatic heterocycles. The lowest BCUT2D eigenvalue weighted by Crippen LogP contribution is -2.48. The topological polar surface area (TPSA) is 98.7 Å². The number of carboxylic acid groups (broad SMARTS) is 2. The van der Waals surface area contributed by atoms with Crippen molar-refractivity contribution >= 4 is 11.9 Å². The third kappa shape index (κ3) is 2.42. The van der Waals surface area contributed by atoms with Crippen molar-refractivity contribution in [2.24, 2.45) is 0 Å². The SMILES string of the molecule is CNNC(C(=O)O)C(=O)O. The molecule has 0 aromatic carbocycles. The predicted molar refractivity (Wildman–Crippen MR) is 31.3 cm³/mol. The van der Waals surface area contributed by atoms with Gasteiger partial charge in [0.15, 0.2) is 0 Å². The number of hydrogen-bond acceptors (Lipinski definition) is 4. The van der Waals surface area contributed by atoms with E-state index in [1.807, 2.05) is 5.43 Å². The monoisotopic (exact) mass is 148 g/mol. The van der Waals surface area contributed by atoms with Crippen molar-refractivity contribution in [3.8, 4) is 0 Å². The van der Waals surface area contributed by atoms with Crippen molar-refractivity contribution in [3.05, 3.63) is 0 Å². The van der Waals surface area contributed by atoms with Crippen LogP contribution in [0.1, 0.15) is 0 Å². The van der Waals surface area contributed by atoms with Crippen molar-refractivity contribution in [1.82, 2.24) is 10.9 Å². The summed E-state index contributed by atoms with van der Waals surface area (Å²) in [5, 5.41) is 16.4. The van der Waals surface area contributed by atoms with Gasteiger partial charge in [0.05, 0.1) is 0 Å². The average molecular weight is 148 g/mol. The molecule has 0 atom stereocenters. The van der Waals surface area contributed by atoms with Crippen LogP contribution < -0.4 is 10.9 Å². The molecule has 0 aromatic rings. The van der Waals surface area contributed by atoms with Gasteiger partial charge in [-0.25, -0.2) is 15.0 Å². The molecule has 58 valence electrons. The van der Waals surface area contributed by atoms with E-state index in [2.05, 4.69) is 5.43 Å². The summed E-state index contributed by atoms with van der Waals surface area (Å²) in [5.74, 6) is -2.86. The quantitative estimate of drug-likeness (QED) is 0.279. The first kappa shape index (κ1) is 8.86. The van der Waals surface area contributed by atoms with Crippen LogP contribution in [0.15, 0.2) is 0 Å². The molecule has 6 heteroatoms. The highest BCUT2D eigenvalue weighted by Crippen LogP contribution is 1.80. The Morgan fingerprint density at radius 2 is 1.70 bits per heavy atom. The van der Waals surface area contributed by atoms with Gasteiger partial charge in [-0.15, -0.1) is 0 Å². The van der Waals surface area contributed by atoms with Gasteiger partial charge in [-0.3, -0.25) is 5.43 Å². The van der Waals surface area contributed by atoms with E-state index in [1.165, 1.54) is 7.05 Å². The maximum absolute atomic E-state index is 10.0. The second-order valence-electron chi connectivity index (χ2n) is 1.50. The molecular weight excluding hydrogens is 140 g/mol. The van der Waals surface area contributed by atoms with E-state index in [9.17, 15) is 9.59 Å². The Morgan fingerprint density at radius 1 is 1.30 bits per heavy atom. The molecule has 0 spiro atoms. The maximum atomic E-state index is 10.0.